The highest BCUT2D eigenvalue weighted by atomic mass is 16.6. The van der Waals surface area contributed by atoms with Crippen LogP contribution in [0.15, 0.2) is 6.20 Å². The molecule has 1 fully saturated rings. The molecular formula is C19H30N4O3. The molecule has 0 saturated carbocycles. The highest BCUT2D eigenvalue weighted by molar-refractivity contribution is 5.76. The van der Waals surface area contributed by atoms with Gasteiger partial charge in [-0.2, -0.15) is 5.10 Å². The van der Waals surface area contributed by atoms with Crippen molar-refractivity contribution >= 4 is 12.0 Å². The van der Waals surface area contributed by atoms with Gasteiger partial charge in [-0.05, 0) is 51.0 Å². The Labute approximate surface area is 155 Å². The van der Waals surface area contributed by atoms with E-state index in [2.05, 4.69) is 10.4 Å². The van der Waals surface area contributed by atoms with Crippen LogP contribution in [0.5, 0.6) is 0 Å². The van der Waals surface area contributed by atoms with Crippen LogP contribution in [0.4, 0.5) is 4.79 Å². The van der Waals surface area contributed by atoms with Crippen LogP contribution in [0.3, 0.4) is 0 Å². The maximum Gasteiger partial charge on any atom is 0.409 e. The van der Waals surface area contributed by atoms with Crippen LogP contribution in [-0.2, 0) is 28.9 Å². The van der Waals surface area contributed by atoms with E-state index in [9.17, 15) is 9.59 Å². The Morgan fingerprint density at radius 2 is 1.92 bits per heavy atom. The van der Waals surface area contributed by atoms with Gasteiger partial charge in [-0.3, -0.25) is 9.48 Å². The zero-order chi connectivity index (χ0) is 18.4. The van der Waals surface area contributed by atoms with Crippen molar-refractivity contribution in [1.82, 2.24) is 20.0 Å². The van der Waals surface area contributed by atoms with Gasteiger partial charge in [0.25, 0.3) is 0 Å². The lowest BCUT2D eigenvalue weighted by molar-refractivity contribution is -0.122. The second-order valence-electron chi connectivity index (χ2n) is 7.24. The molecule has 0 atom stereocenters. The summed E-state index contributed by atoms with van der Waals surface area (Å²) < 4.78 is 6.81. The molecular weight excluding hydrogens is 332 g/mol. The molecule has 26 heavy (non-hydrogen) atoms. The molecule has 1 aromatic heterocycles. The monoisotopic (exact) mass is 362 g/mol. The van der Waals surface area contributed by atoms with Gasteiger partial charge in [-0.15, -0.1) is 0 Å². The molecule has 3 rings (SSSR count). The minimum atomic E-state index is -0.258. The number of amides is 2. The number of piperidine rings is 1. The molecule has 2 aliphatic rings. The standard InChI is InChI=1S/C19H30N4O3/c1-2-26-19(25)22-11-9-16(10-12-22)20-18(24)14-23-13-15-7-5-3-4-6-8-17(15)21-23/h13,16H,2-12,14H2,1H3,(H,20,24). The molecule has 0 radical (unpaired) electrons. The molecule has 0 aromatic carbocycles. The van der Waals surface area contributed by atoms with E-state index in [0.717, 1.165) is 25.7 Å². The van der Waals surface area contributed by atoms with Crippen molar-refractivity contribution in [3.05, 3.63) is 17.5 Å². The van der Waals surface area contributed by atoms with Crippen LogP contribution in [0.2, 0.25) is 0 Å². The molecule has 2 heterocycles. The first-order valence-electron chi connectivity index (χ1n) is 9.92. The van der Waals surface area contributed by atoms with Crippen molar-refractivity contribution in [1.29, 1.82) is 0 Å². The predicted octanol–water partition coefficient (Wildman–Crippen LogP) is 2.28. The first-order valence-corrected chi connectivity index (χ1v) is 9.92. The molecule has 0 bridgehead atoms. The third-order valence-corrected chi connectivity index (χ3v) is 5.23. The molecule has 1 N–H and O–H groups in total. The van der Waals surface area contributed by atoms with Crippen LogP contribution in [0, 0.1) is 0 Å². The molecule has 7 heteroatoms. The van der Waals surface area contributed by atoms with Crippen molar-refractivity contribution in [3.8, 4) is 0 Å². The predicted molar refractivity (Wildman–Crippen MR) is 97.9 cm³/mol. The van der Waals surface area contributed by atoms with E-state index in [1.165, 1.54) is 36.9 Å². The van der Waals surface area contributed by atoms with Crippen LogP contribution in [0.25, 0.3) is 0 Å². The summed E-state index contributed by atoms with van der Waals surface area (Å²) in [6.07, 6.45) is 10.4. The minimum Gasteiger partial charge on any atom is -0.450 e. The highest BCUT2D eigenvalue weighted by Gasteiger charge is 2.24. The third kappa shape index (κ3) is 4.99. The first-order chi connectivity index (χ1) is 12.7. The summed E-state index contributed by atoms with van der Waals surface area (Å²) in [6.45, 7) is 3.72. The fourth-order valence-electron chi connectivity index (χ4n) is 3.81. The Morgan fingerprint density at radius 3 is 2.65 bits per heavy atom. The van der Waals surface area contributed by atoms with Crippen molar-refractivity contribution < 1.29 is 14.3 Å². The molecule has 0 spiro atoms. The number of fused-ring (bicyclic) bond motifs is 1. The average molecular weight is 362 g/mol. The molecule has 1 aliphatic carbocycles. The van der Waals surface area contributed by atoms with E-state index in [1.807, 2.05) is 13.1 Å². The van der Waals surface area contributed by atoms with Gasteiger partial charge in [0, 0.05) is 25.3 Å². The Morgan fingerprint density at radius 1 is 1.19 bits per heavy atom. The van der Waals surface area contributed by atoms with E-state index in [-0.39, 0.29) is 24.6 Å². The number of aromatic nitrogens is 2. The number of nitrogens with one attached hydrogen (secondary N) is 1. The van der Waals surface area contributed by atoms with Crippen molar-refractivity contribution in [2.24, 2.45) is 0 Å². The molecule has 2 amide bonds. The van der Waals surface area contributed by atoms with Gasteiger partial charge in [0.15, 0.2) is 0 Å². The Bertz CT molecular complexity index is 595. The van der Waals surface area contributed by atoms with Gasteiger partial charge in [0.05, 0.1) is 12.3 Å². The lowest BCUT2D eigenvalue weighted by Gasteiger charge is -2.31. The molecule has 7 nitrogen and oxygen atoms in total. The van der Waals surface area contributed by atoms with E-state index in [4.69, 9.17) is 4.74 Å². The number of hydrogen-bond acceptors (Lipinski definition) is 4. The van der Waals surface area contributed by atoms with E-state index in [1.54, 1.807) is 9.58 Å². The smallest absolute Gasteiger partial charge is 0.409 e. The lowest BCUT2D eigenvalue weighted by Crippen LogP contribution is -2.47. The van der Waals surface area contributed by atoms with Gasteiger partial charge in [0.2, 0.25) is 5.91 Å². The number of likely N-dealkylation sites (tertiary alicyclic amines) is 1. The number of hydrogen-bond donors (Lipinski definition) is 1. The topological polar surface area (TPSA) is 76.5 Å². The molecule has 1 aliphatic heterocycles. The normalized spacial score (nSPS) is 18.6. The number of rotatable bonds is 4. The summed E-state index contributed by atoms with van der Waals surface area (Å²) in [4.78, 5) is 25.8. The van der Waals surface area contributed by atoms with Crippen LogP contribution in [-0.4, -0.2) is 52.4 Å². The molecule has 0 unspecified atom stereocenters. The Kier molecular flexibility index (Phi) is 6.52. The van der Waals surface area contributed by atoms with Crippen LogP contribution in [0.1, 0.15) is 56.7 Å². The fraction of sp³-hybridized carbons (Fsp3) is 0.737. The third-order valence-electron chi connectivity index (χ3n) is 5.23. The van der Waals surface area contributed by atoms with Gasteiger partial charge >= 0.3 is 6.09 Å². The Hall–Kier alpha value is -2.05. The summed E-state index contributed by atoms with van der Waals surface area (Å²) in [5.74, 6) is -0.00458. The molecule has 1 saturated heterocycles. The zero-order valence-corrected chi connectivity index (χ0v) is 15.7. The van der Waals surface area contributed by atoms with E-state index < -0.39 is 0 Å². The van der Waals surface area contributed by atoms with Gasteiger partial charge in [-0.1, -0.05) is 12.8 Å². The summed E-state index contributed by atoms with van der Waals surface area (Å²) in [5.41, 5.74) is 2.47. The zero-order valence-electron chi connectivity index (χ0n) is 15.7. The van der Waals surface area contributed by atoms with E-state index >= 15 is 0 Å². The van der Waals surface area contributed by atoms with Gasteiger partial charge in [0.1, 0.15) is 6.54 Å². The first kappa shape index (κ1) is 18.7. The number of aryl methyl sites for hydroxylation is 2. The summed E-state index contributed by atoms with van der Waals surface area (Å²) >= 11 is 0. The van der Waals surface area contributed by atoms with Crippen molar-refractivity contribution in [2.45, 2.75) is 70.9 Å². The maximum absolute atomic E-state index is 12.4. The largest absolute Gasteiger partial charge is 0.450 e. The summed E-state index contributed by atoms with van der Waals surface area (Å²) in [6, 6.07) is 0.116. The Balaban J connectivity index is 1.46. The lowest BCUT2D eigenvalue weighted by atomic mass is 9.99. The van der Waals surface area contributed by atoms with Crippen molar-refractivity contribution in [3.63, 3.8) is 0 Å². The number of carbonyl (C=O) groups is 2. The number of nitrogens with zero attached hydrogens (tertiary/aromatic N) is 3. The summed E-state index contributed by atoms with van der Waals surface area (Å²) in [5, 5.41) is 7.71. The fourth-order valence-corrected chi connectivity index (χ4v) is 3.81. The van der Waals surface area contributed by atoms with Crippen molar-refractivity contribution in [2.75, 3.05) is 19.7 Å². The van der Waals surface area contributed by atoms with Gasteiger partial charge in [-0.25, -0.2) is 4.79 Å². The number of carbonyl (C=O) groups excluding carboxylic acids is 2. The number of ether oxygens (including phenoxy) is 1. The second-order valence-corrected chi connectivity index (χ2v) is 7.24. The SMILES string of the molecule is CCOC(=O)N1CCC(NC(=O)Cn2cc3c(n2)CCCCCC3)CC1. The van der Waals surface area contributed by atoms with Gasteiger partial charge < -0.3 is 15.0 Å². The van der Waals surface area contributed by atoms with E-state index in [0.29, 0.717) is 19.7 Å². The average Bonchev–Trinajstić information content (AvgIpc) is 2.96. The minimum absolute atomic E-state index is 0.00458. The highest BCUT2D eigenvalue weighted by Crippen LogP contribution is 2.19. The summed E-state index contributed by atoms with van der Waals surface area (Å²) in [7, 11) is 0. The quantitative estimate of drug-likeness (QED) is 0.891. The molecule has 144 valence electrons. The second kappa shape index (κ2) is 9.05. The maximum atomic E-state index is 12.4. The van der Waals surface area contributed by atoms with Crippen LogP contribution < -0.4 is 5.32 Å². The molecule has 1 aromatic rings. The van der Waals surface area contributed by atoms with Crippen LogP contribution >= 0.6 is 0 Å².